The van der Waals surface area contributed by atoms with E-state index in [4.69, 9.17) is 0 Å². The summed E-state index contributed by atoms with van der Waals surface area (Å²) in [5, 5.41) is 4.22. The van der Waals surface area contributed by atoms with Crippen LogP contribution in [0.15, 0.2) is 54.7 Å². The van der Waals surface area contributed by atoms with E-state index in [-0.39, 0.29) is 17.7 Å². The molecule has 1 aliphatic heterocycles. The number of carbonyl (C=O) groups excluding carboxylic acids is 2. The molecule has 0 spiro atoms. The van der Waals surface area contributed by atoms with Crippen LogP contribution in [-0.2, 0) is 11.2 Å². The van der Waals surface area contributed by atoms with Gasteiger partial charge < -0.3 is 15.2 Å². The lowest BCUT2D eigenvalue weighted by Gasteiger charge is -2.31. The van der Waals surface area contributed by atoms with Crippen molar-refractivity contribution in [1.29, 1.82) is 0 Å². The normalized spacial score (nSPS) is 14.9. The highest BCUT2D eigenvalue weighted by atomic mass is 19.1. The van der Waals surface area contributed by atoms with E-state index in [1.807, 2.05) is 24.4 Å². The second-order valence-electron chi connectivity index (χ2n) is 7.48. The minimum absolute atomic E-state index is 0.0442. The third kappa shape index (κ3) is 4.31. The zero-order chi connectivity index (χ0) is 20.2. The highest BCUT2D eigenvalue weighted by Crippen LogP contribution is 2.20. The van der Waals surface area contributed by atoms with Crippen molar-refractivity contribution in [2.75, 3.05) is 19.6 Å². The van der Waals surface area contributed by atoms with Crippen molar-refractivity contribution in [3.63, 3.8) is 0 Å². The largest absolute Gasteiger partial charge is 0.361 e. The molecule has 2 heterocycles. The quantitative estimate of drug-likeness (QED) is 0.697. The zero-order valence-electron chi connectivity index (χ0n) is 16.2. The number of benzene rings is 2. The van der Waals surface area contributed by atoms with Gasteiger partial charge in [0.15, 0.2) is 0 Å². The molecule has 0 aliphatic carbocycles. The summed E-state index contributed by atoms with van der Waals surface area (Å²) in [4.78, 5) is 30.0. The summed E-state index contributed by atoms with van der Waals surface area (Å²) in [6, 6.07) is 13.9. The summed E-state index contributed by atoms with van der Waals surface area (Å²) in [6.07, 6.45) is 4.01. The van der Waals surface area contributed by atoms with Crippen LogP contribution >= 0.6 is 0 Å². The van der Waals surface area contributed by atoms with Crippen LogP contribution in [0.5, 0.6) is 0 Å². The topological polar surface area (TPSA) is 65.2 Å². The van der Waals surface area contributed by atoms with E-state index >= 15 is 0 Å². The van der Waals surface area contributed by atoms with Crippen molar-refractivity contribution in [3.8, 4) is 0 Å². The number of rotatable bonds is 5. The van der Waals surface area contributed by atoms with Gasteiger partial charge in [-0.05, 0) is 49.1 Å². The van der Waals surface area contributed by atoms with Gasteiger partial charge in [-0.2, -0.15) is 0 Å². The number of halogens is 1. The van der Waals surface area contributed by atoms with Gasteiger partial charge in [0.05, 0.1) is 0 Å². The molecule has 4 rings (SSSR count). The molecule has 5 nitrogen and oxygen atoms in total. The average molecular weight is 393 g/mol. The Bertz CT molecular complexity index is 1020. The van der Waals surface area contributed by atoms with Crippen LogP contribution in [0, 0.1) is 11.7 Å². The summed E-state index contributed by atoms with van der Waals surface area (Å²) in [6.45, 7) is 1.61. The number of fused-ring (bicyclic) bond motifs is 1. The third-order valence-corrected chi connectivity index (χ3v) is 5.59. The summed E-state index contributed by atoms with van der Waals surface area (Å²) < 4.78 is 13.3. The molecule has 1 fully saturated rings. The lowest BCUT2D eigenvalue weighted by molar-refractivity contribution is -0.126. The first kappa shape index (κ1) is 19.2. The van der Waals surface area contributed by atoms with Crippen LogP contribution in [0.25, 0.3) is 10.9 Å². The fraction of sp³-hybridized carbons (Fsp3) is 0.304. The maximum Gasteiger partial charge on any atom is 0.253 e. The number of hydrogen-bond donors (Lipinski definition) is 2. The van der Waals surface area contributed by atoms with E-state index in [1.54, 1.807) is 11.0 Å². The van der Waals surface area contributed by atoms with E-state index in [9.17, 15) is 14.0 Å². The molecule has 0 saturated carbocycles. The van der Waals surface area contributed by atoms with Gasteiger partial charge in [0.25, 0.3) is 5.91 Å². The van der Waals surface area contributed by atoms with Crippen LogP contribution in [0.2, 0.25) is 0 Å². The zero-order valence-corrected chi connectivity index (χ0v) is 16.2. The number of H-pyrrole nitrogens is 1. The molecule has 1 aromatic heterocycles. The highest BCUT2D eigenvalue weighted by Gasteiger charge is 2.27. The molecule has 2 amide bonds. The number of amides is 2. The van der Waals surface area contributed by atoms with Gasteiger partial charge in [-0.3, -0.25) is 9.59 Å². The second-order valence-corrected chi connectivity index (χ2v) is 7.48. The van der Waals surface area contributed by atoms with E-state index in [0.717, 1.165) is 11.9 Å². The summed E-state index contributed by atoms with van der Waals surface area (Å²) in [5.41, 5.74) is 2.65. The fourth-order valence-electron chi connectivity index (χ4n) is 3.95. The van der Waals surface area contributed by atoms with Gasteiger partial charge in [0.1, 0.15) is 5.82 Å². The van der Waals surface area contributed by atoms with Gasteiger partial charge in [-0.1, -0.05) is 24.3 Å². The minimum atomic E-state index is -0.416. The van der Waals surface area contributed by atoms with E-state index in [1.165, 1.54) is 29.1 Å². The lowest BCUT2D eigenvalue weighted by atomic mass is 9.95. The van der Waals surface area contributed by atoms with Crippen molar-refractivity contribution >= 4 is 22.7 Å². The molecule has 2 aromatic carbocycles. The molecule has 150 valence electrons. The Morgan fingerprint density at radius 3 is 2.69 bits per heavy atom. The summed E-state index contributed by atoms with van der Waals surface area (Å²) >= 11 is 0. The molecule has 1 saturated heterocycles. The molecule has 0 atom stereocenters. The maximum atomic E-state index is 13.3. The van der Waals surface area contributed by atoms with Crippen LogP contribution in [-0.4, -0.2) is 41.3 Å². The third-order valence-electron chi connectivity index (χ3n) is 5.59. The fourth-order valence-corrected chi connectivity index (χ4v) is 3.95. The van der Waals surface area contributed by atoms with Gasteiger partial charge in [-0.25, -0.2) is 4.39 Å². The van der Waals surface area contributed by atoms with Crippen molar-refractivity contribution in [2.24, 2.45) is 5.92 Å². The Morgan fingerprint density at radius 2 is 1.90 bits per heavy atom. The Balaban J connectivity index is 1.25. The smallest absolute Gasteiger partial charge is 0.253 e. The van der Waals surface area contributed by atoms with E-state index in [0.29, 0.717) is 38.0 Å². The second kappa shape index (κ2) is 8.47. The van der Waals surface area contributed by atoms with Gasteiger partial charge in [0.2, 0.25) is 5.91 Å². The Hall–Kier alpha value is -3.15. The Morgan fingerprint density at radius 1 is 1.10 bits per heavy atom. The van der Waals surface area contributed by atoms with Crippen LogP contribution in [0.3, 0.4) is 0 Å². The number of aromatic nitrogens is 1. The van der Waals surface area contributed by atoms with Crippen LogP contribution < -0.4 is 5.32 Å². The molecule has 0 bridgehead atoms. The standard InChI is InChI=1S/C23H24FN3O2/c24-19-5-3-4-17(14-19)23(29)27-12-9-16(10-13-27)22(28)25-11-8-18-15-26-21-7-2-1-6-20(18)21/h1-7,14-16,26H,8-13H2,(H,25,28). The Kier molecular flexibility index (Phi) is 5.60. The lowest BCUT2D eigenvalue weighted by Crippen LogP contribution is -2.43. The number of hydrogen-bond acceptors (Lipinski definition) is 2. The van der Waals surface area contributed by atoms with Crippen molar-refractivity contribution in [1.82, 2.24) is 15.2 Å². The van der Waals surface area contributed by atoms with Crippen molar-refractivity contribution in [2.45, 2.75) is 19.3 Å². The van der Waals surface area contributed by atoms with Crippen molar-refractivity contribution in [3.05, 3.63) is 71.7 Å². The summed E-state index contributed by atoms with van der Waals surface area (Å²) in [7, 11) is 0. The molecule has 2 N–H and O–H groups in total. The van der Waals surface area contributed by atoms with Gasteiger partial charge in [0, 0.05) is 48.2 Å². The van der Waals surface area contributed by atoms with E-state index < -0.39 is 5.82 Å². The minimum Gasteiger partial charge on any atom is -0.361 e. The van der Waals surface area contributed by atoms with E-state index in [2.05, 4.69) is 16.4 Å². The molecule has 0 radical (unpaired) electrons. The predicted molar refractivity (Wildman–Crippen MR) is 110 cm³/mol. The highest BCUT2D eigenvalue weighted by molar-refractivity contribution is 5.94. The van der Waals surface area contributed by atoms with Gasteiger partial charge in [-0.15, -0.1) is 0 Å². The molecule has 1 aliphatic rings. The summed E-state index contributed by atoms with van der Waals surface area (Å²) in [5.74, 6) is -0.639. The number of nitrogens with one attached hydrogen (secondary N) is 2. The van der Waals surface area contributed by atoms with Crippen LogP contribution in [0.4, 0.5) is 4.39 Å². The number of carbonyl (C=O) groups is 2. The van der Waals surface area contributed by atoms with Crippen molar-refractivity contribution < 1.29 is 14.0 Å². The number of para-hydroxylation sites is 1. The number of nitrogens with zero attached hydrogens (tertiary/aromatic N) is 1. The Labute approximate surface area is 168 Å². The molecular formula is C23H24FN3O2. The molecule has 29 heavy (non-hydrogen) atoms. The molecule has 6 heteroatoms. The molecule has 3 aromatic rings. The van der Waals surface area contributed by atoms with Crippen LogP contribution in [0.1, 0.15) is 28.8 Å². The number of aromatic amines is 1. The number of piperidine rings is 1. The number of likely N-dealkylation sites (tertiary alicyclic amines) is 1. The average Bonchev–Trinajstić information content (AvgIpc) is 3.16. The predicted octanol–water partition coefficient (Wildman–Crippen LogP) is 3.52. The first-order chi connectivity index (χ1) is 14.1. The maximum absolute atomic E-state index is 13.3. The first-order valence-corrected chi connectivity index (χ1v) is 9.99. The SMILES string of the molecule is O=C(NCCc1c[nH]c2ccccc12)C1CCN(C(=O)c2cccc(F)c2)CC1. The molecular weight excluding hydrogens is 369 g/mol. The first-order valence-electron chi connectivity index (χ1n) is 9.99. The van der Waals surface area contributed by atoms with Gasteiger partial charge >= 0.3 is 0 Å². The molecule has 0 unspecified atom stereocenters. The monoisotopic (exact) mass is 393 g/mol.